The van der Waals surface area contributed by atoms with Crippen molar-refractivity contribution in [1.82, 2.24) is 14.8 Å². The normalized spacial score (nSPS) is 26.4. The molecule has 9 nitrogen and oxygen atoms in total. The summed E-state index contributed by atoms with van der Waals surface area (Å²) >= 11 is 0. The average molecular weight is 393 g/mol. The summed E-state index contributed by atoms with van der Waals surface area (Å²) in [4.78, 5) is 42.4. The molecule has 1 aromatic heterocycles. The van der Waals surface area contributed by atoms with Crippen LogP contribution in [0.1, 0.15) is 29.9 Å². The summed E-state index contributed by atoms with van der Waals surface area (Å²) in [5, 5.41) is 8.09. The van der Waals surface area contributed by atoms with Gasteiger partial charge in [-0.15, -0.1) is 0 Å². The van der Waals surface area contributed by atoms with Gasteiger partial charge in [-0.3, -0.25) is 14.6 Å². The van der Waals surface area contributed by atoms with E-state index in [1.807, 2.05) is 0 Å². The SMILES string of the molecule is CN(C)C(=O)c1ccnc(/C=C2/C(=O)N3[C@@H](C(=O)O)C(C)(C)S(=O)(=O)[C@H]23)c1. The third kappa shape index (κ3) is 2.54. The first-order valence-electron chi connectivity index (χ1n) is 8.09. The Morgan fingerprint density at radius 2 is 1.96 bits per heavy atom. The van der Waals surface area contributed by atoms with Crippen LogP contribution in [0.15, 0.2) is 23.9 Å². The molecule has 0 unspecified atom stereocenters. The maximum atomic E-state index is 12.8. The molecule has 1 N–H and O–H groups in total. The van der Waals surface area contributed by atoms with Gasteiger partial charge < -0.3 is 14.9 Å². The molecule has 2 aliphatic heterocycles. The predicted octanol–water partition coefficient (Wildman–Crippen LogP) is -0.00470. The number of hydrogen-bond acceptors (Lipinski definition) is 6. The molecule has 1 aromatic rings. The third-order valence-corrected chi connectivity index (χ3v) is 7.69. The van der Waals surface area contributed by atoms with Crippen LogP contribution in [-0.2, 0) is 19.4 Å². The lowest BCUT2D eigenvalue weighted by atomic mass is 9.95. The first-order chi connectivity index (χ1) is 12.4. The largest absolute Gasteiger partial charge is 0.480 e. The molecule has 0 saturated carbocycles. The fraction of sp³-hybridized carbons (Fsp3) is 0.412. The van der Waals surface area contributed by atoms with E-state index in [9.17, 15) is 27.9 Å². The molecule has 2 saturated heterocycles. The van der Waals surface area contributed by atoms with Crippen molar-refractivity contribution in [1.29, 1.82) is 0 Å². The van der Waals surface area contributed by atoms with Crippen LogP contribution in [-0.4, -0.2) is 76.3 Å². The number of β-lactam (4-membered cyclic amide) rings is 1. The fourth-order valence-electron chi connectivity index (χ4n) is 3.42. The van der Waals surface area contributed by atoms with Gasteiger partial charge in [0.2, 0.25) is 0 Å². The standard InChI is InChI=1S/C17H19N3O6S/c1-17(2)12(16(23)24)20-14(22)11(15(20)27(17,25)26)8-10-7-9(5-6-18-10)13(21)19(3)4/h5-8,12,15H,1-4H3,(H,23,24)/b11-8-/t12-,15+/m0/s1. The number of aliphatic carboxylic acids is 1. The highest BCUT2D eigenvalue weighted by atomic mass is 32.2. The summed E-state index contributed by atoms with van der Waals surface area (Å²) in [5.41, 5.74) is 0.537. The highest BCUT2D eigenvalue weighted by Crippen LogP contribution is 2.48. The van der Waals surface area contributed by atoms with Crippen LogP contribution in [0, 0.1) is 0 Å². The van der Waals surface area contributed by atoms with Crippen molar-refractivity contribution in [2.75, 3.05) is 14.1 Å². The van der Waals surface area contributed by atoms with Crippen molar-refractivity contribution < 1.29 is 27.9 Å². The van der Waals surface area contributed by atoms with E-state index >= 15 is 0 Å². The van der Waals surface area contributed by atoms with Crippen LogP contribution in [0.25, 0.3) is 6.08 Å². The van der Waals surface area contributed by atoms with Crippen LogP contribution >= 0.6 is 0 Å². The number of pyridine rings is 1. The summed E-state index contributed by atoms with van der Waals surface area (Å²) < 4.78 is 24.0. The van der Waals surface area contributed by atoms with Gasteiger partial charge >= 0.3 is 5.97 Å². The molecular formula is C17H19N3O6S. The molecular weight excluding hydrogens is 374 g/mol. The second-order valence-electron chi connectivity index (χ2n) is 7.22. The maximum Gasteiger partial charge on any atom is 0.328 e. The van der Waals surface area contributed by atoms with E-state index in [-0.39, 0.29) is 17.2 Å². The molecule has 0 aliphatic carbocycles. The molecule has 0 spiro atoms. The number of carbonyl (C=O) groups is 3. The maximum absolute atomic E-state index is 12.8. The zero-order valence-corrected chi connectivity index (χ0v) is 16.0. The van der Waals surface area contributed by atoms with Crippen LogP contribution in [0.5, 0.6) is 0 Å². The molecule has 10 heteroatoms. The van der Waals surface area contributed by atoms with Crippen molar-refractivity contribution in [2.24, 2.45) is 0 Å². The zero-order chi connectivity index (χ0) is 20.3. The predicted molar refractivity (Wildman–Crippen MR) is 95.3 cm³/mol. The summed E-state index contributed by atoms with van der Waals surface area (Å²) in [5.74, 6) is -2.29. The summed E-state index contributed by atoms with van der Waals surface area (Å²) in [7, 11) is -0.767. The van der Waals surface area contributed by atoms with E-state index in [1.165, 1.54) is 43.2 Å². The quantitative estimate of drug-likeness (QED) is 0.566. The van der Waals surface area contributed by atoms with Crippen LogP contribution < -0.4 is 0 Å². The van der Waals surface area contributed by atoms with Crippen molar-refractivity contribution in [2.45, 2.75) is 30.0 Å². The minimum absolute atomic E-state index is 0.0474. The van der Waals surface area contributed by atoms with Gasteiger partial charge in [-0.25, -0.2) is 13.2 Å². The molecule has 3 heterocycles. The van der Waals surface area contributed by atoms with E-state index in [0.29, 0.717) is 5.56 Å². The Kier molecular flexibility index (Phi) is 4.14. The van der Waals surface area contributed by atoms with Crippen molar-refractivity contribution in [3.05, 3.63) is 35.2 Å². The monoisotopic (exact) mass is 393 g/mol. The van der Waals surface area contributed by atoms with Crippen molar-refractivity contribution in [3.63, 3.8) is 0 Å². The molecule has 0 bridgehead atoms. The number of hydrogen-bond donors (Lipinski definition) is 1. The first-order valence-corrected chi connectivity index (χ1v) is 9.64. The van der Waals surface area contributed by atoms with Crippen molar-refractivity contribution in [3.8, 4) is 0 Å². The van der Waals surface area contributed by atoms with Gasteiger partial charge in [0.05, 0.1) is 11.3 Å². The van der Waals surface area contributed by atoms with Gasteiger partial charge in [0.25, 0.3) is 11.8 Å². The molecule has 2 atom stereocenters. The average Bonchev–Trinajstić information content (AvgIpc) is 2.73. The number of sulfone groups is 1. The summed E-state index contributed by atoms with van der Waals surface area (Å²) in [6.45, 7) is 2.61. The van der Waals surface area contributed by atoms with Gasteiger partial charge in [-0.05, 0) is 32.1 Å². The molecule has 2 aliphatic rings. The smallest absolute Gasteiger partial charge is 0.328 e. The summed E-state index contributed by atoms with van der Waals surface area (Å²) in [6.07, 6.45) is 2.69. The lowest BCUT2D eigenvalue weighted by molar-refractivity contribution is -0.152. The molecule has 0 aromatic carbocycles. The van der Waals surface area contributed by atoms with E-state index in [4.69, 9.17) is 0 Å². The first kappa shape index (κ1) is 19.0. The van der Waals surface area contributed by atoms with Gasteiger partial charge in [0.1, 0.15) is 4.75 Å². The summed E-state index contributed by atoms with van der Waals surface area (Å²) in [6, 6.07) is 1.51. The molecule has 2 fully saturated rings. The number of rotatable bonds is 3. The van der Waals surface area contributed by atoms with Crippen molar-refractivity contribution >= 4 is 33.7 Å². The zero-order valence-electron chi connectivity index (χ0n) is 15.2. The molecule has 0 radical (unpaired) electrons. The number of carboxylic acid groups (broad SMARTS) is 1. The van der Waals surface area contributed by atoms with Gasteiger partial charge in [0, 0.05) is 25.9 Å². The Labute approximate surface area is 156 Å². The number of aromatic nitrogens is 1. The number of nitrogens with zero attached hydrogens (tertiary/aromatic N) is 3. The molecule has 27 heavy (non-hydrogen) atoms. The van der Waals surface area contributed by atoms with Crippen LogP contribution in [0.3, 0.4) is 0 Å². The third-order valence-electron chi connectivity index (χ3n) is 4.94. The van der Waals surface area contributed by atoms with E-state index < -0.39 is 37.9 Å². The highest BCUT2D eigenvalue weighted by molar-refractivity contribution is 7.94. The van der Waals surface area contributed by atoms with Crippen LogP contribution in [0.4, 0.5) is 0 Å². The lowest BCUT2D eigenvalue weighted by Gasteiger charge is -2.37. The minimum Gasteiger partial charge on any atom is -0.480 e. The number of amides is 2. The Bertz CT molecular complexity index is 996. The highest BCUT2D eigenvalue weighted by Gasteiger charge is 2.70. The topological polar surface area (TPSA) is 125 Å². The van der Waals surface area contributed by atoms with E-state index in [2.05, 4.69) is 4.98 Å². The van der Waals surface area contributed by atoms with Crippen LogP contribution in [0.2, 0.25) is 0 Å². The van der Waals surface area contributed by atoms with E-state index in [0.717, 1.165) is 4.90 Å². The number of carbonyl (C=O) groups excluding carboxylic acids is 2. The number of carboxylic acids is 1. The van der Waals surface area contributed by atoms with Gasteiger partial charge in [0.15, 0.2) is 21.3 Å². The minimum atomic E-state index is -3.95. The van der Waals surface area contributed by atoms with Gasteiger partial charge in [-0.1, -0.05) is 0 Å². The van der Waals surface area contributed by atoms with E-state index in [1.54, 1.807) is 14.1 Å². The second-order valence-corrected chi connectivity index (χ2v) is 9.81. The molecule has 3 rings (SSSR count). The second kappa shape index (κ2) is 5.88. The Morgan fingerprint density at radius 3 is 2.52 bits per heavy atom. The fourth-order valence-corrected chi connectivity index (χ4v) is 5.54. The van der Waals surface area contributed by atoms with Gasteiger partial charge in [-0.2, -0.15) is 0 Å². The molecule has 2 amide bonds. The Balaban J connectivity index is 2.04. The Hall–Kier alpha value is -2.75. The number of fused-ring (bicyclic) bond motifs is 1. The molecule has 144 valence electrons. The lowest BCUT2D eigenvalue weighted by Crippen LogP contribution is -2.58. The Morgan fingerprint density at radius 1 is 1.33 bits per heavy atom.